The van der Waals surface area contributed by atoms with Gasteiger partial charge in [-0.25, -0.2) is 0 Å². The molecule has 0 bridgehead atoms. The van der Waals surface area contributed by atoms with E-state index >= 15 is 0 Å². The van der Waals surface area contributed by atoms with Crippen molar-refractivity contribution in [3.63, 3.8) is 0 Å². The van der Waals surface area contributed by atoms with Crippen LogP contribution >= 0.6 is 0 Å². The molecule has 1 amide bonds. The van der Waals surface area contributed by atoms with Crippen molar-refractivity contribution in [2.75, 3.05) is 0 Å². The number of carbonyl (C=O) groups excluding carboxylic acids is 1. The standard InChI is InChI=1S/C15H13F3N2O/c1-10-4-2-3-5-11(10)8-20-14(21)12-6-7-13(19-9-12)15(16,17)18/h2-7,9H,8H2,1H3,(H,20,21). The van der Waals surface area contributed by atoms with E-state index in [4.69, 9.17) is 0 Å². The molecule has 0 saturated carbocycles. The Labute approximate surface area is 119 Å². The zero-order valence-electron chi connectivity index (χ0n) is 11.2. The first-order valence-electron chi connectivity index (χ1n) is 6.24. The molecule has 21 heavy (non-hydrogen) atoms. The van der Waals surface area contributed by atoms with Crippen LogP contribution in [0.4, 0.5) is 13.2 Å². The number of alkyl halides is 3. The van der Waals surface area contributed by atoms with Gasteiger partial charge in [-0.3, -0.25) is 9.78 Å². The average molecular weight is 294 g/mol. The van der Waals surface area contributed by atoms with Gasteiger partial charge >= 0.3 is 6.18 Å². The summed E-state index contributed by atoms with van der Waals surface area (Å²) in [5, 5.41) is 2.65. The Kier molecular flexibility index (Phi) is 4.26. The van der Waals surface area contributed by atoms with E-state index in [9.17, 15) is 18.0 Å². The third-order valence-corrected chi connectivity index (χ3v) is 3.02. The number of amides is 1. The van der Waals surface area contributed by atoms with Crippen LogP contribution in [-0.4, -0.2) is 10.9 Å². The number of carbonyl (C=O) groups is 1. The maximum Gasteiger partial charge on any atom is 0.433 e. The van der Waals surface area contributed by atoms with Crippen LogP contribution in [0.5, 0.6) is 0 Å². The van der Waals surface area contributed by atoms with Crippen LogP contribution in [0.15, 0.2) is 42.6 Å². The van der Waals surface area contributed by atoms with E-state index in [0.717, 1.165) is 29.5 Å². The van der Waals surface area contributed by atoms with E-state index in [1.165, 1.54) is 0 Å². The van der Waals surface area contributed by atoms with Crippen LogP contribution in [0.25, 0.3) is 0 Å². The van der Waals surface area contributed by atoms with E-state index in [-0.39, 0.29) is 5.56 Å². The molecule has 2 rings (SSSR count). The molecule has 1 N–H and O–H groups in total. The van der Waals surface area contributed by atoms with Crippen molar-refractivity contribution >= 4 is 5.91 Å². The highest BCUT2D eigenvalue weighted by Gasteiger charge is 2.32. The van der Waals surface area contributed by atoms with E-state index in [1.54, 1.807) is 0 Å². The quantitative estimate of drug-likeness (QED) is 0.943. The van der Waals surface area contributed by atoms with E-state index in [0.29, 0.717) is 6.54 Å². The topological polar surface area (TPSA) is 42.0 Å². The molecule has 2 aromatic rings. The molecule has 0 aliphatic carbocycles. The molecule has 6 heteroatoms. The zero-order valence-corrected chi connectivity index (χ0v) is 11.2. The number of aromatic nitrogens is 1. The highest BCUT2D eigenvalue weighted by molar-refractivity contribution is 5.93. The number of nitrogens with one attached hydrogen (secondary N) is 1. The second kappa shape index (κ2) is 5.95. The first-order chi connectivity index (χ1) is 9.88. The molecule has 3 nitrogen and oxygen atoms in total. The molecule has 1 aromatic heterocycles. The third kappa shape index (κ3) is 3.81. The average Bonchev–Trinajstić information content (AvgIpc) is 2.45. The van der Waals surface area contributed by atoms with Gasteiger partial charge in [0.2, 0.25) is 0 Å². The van der Waals surface area contributed by atoms with Crippen molar-refractivity contribution < 1.29 is 18.0 Å². The zero-order chi connectivity index (χ0) is 15.5. The maximum atomic E-state index is 12.4. The number of pyridine rings is 1. The van der Waals surface area contributed by atoms with E-state index in [1.807, 2.05) is 31.2 Å². The fourth-order valence-corrected chi connectivity index (χ4v) is 1.78. The van der Waals surface area contributed by atoms with Crippen LogP contribution in [-0.2, 0) is 12.7 Å². The SMILES string of the molecule is Cc1ccccc1CNC(=O)c1ccc(C(F)(F)F)nc1. The molecule has 0 aliphatic rings. The molecule has 110 valence electrons. The van der Waals surface area contributed by atoms with Crippen molar-refractivity contribution in [2.24, 2.45) is 0 Å². The summed E-state index contributed by atoms with van der Waals surface area (Å²) < 4.78 is 37.1. The minimum Gasteiger partial charge on any atom is -0.348 e. The first-order valence-corrected chi connectivity index (χ1v) is 6.24. The number of nitrogens with zero attached hydrogens (tertiary/aromatic N) is 1. The maximum absolute atomic E-state index is 12.4. The molecule has 0 saturated heterocycles. The molecule has 0 fully saturated rings. The summed E-state index contributed by atoms with van der Waals surface area (Å²) >= 11 is 0. The number of hydrogen-bond donors (Lipinski definition) is 1. The number of halogens is 3. The highest BCUT2D eigenvalue weighted by Crippen LogP contribution is 2.27. The predicted octanol–water partition coefficient (Wildman–Crippen LogP) is 3.34. The molecule has 0 aliphatic heterocycles. The van der Waals surface area contributed by atoms with Crippen LogP contribution < -0.4 is 5.32 Å². The summed E-state index contributed by atoms with van der Waals surface area (Å²) in [4.78, 5) is 15.1. The van der Waals surface area contributed by atoms with Gasteiger partial charge in [0.05, 0.1) is 5.56 Å². The normalized spacial score (nSPS) is 11.2. The minimum atomic E-state index is -4.50. The summed E-state index contributed by atoms with van der Waals surface area (Å²) in [6, 6.07) is 9.45. The number of rotatable bonds is 3. The smallest absolute Gasteiger partial charge is 0.348 e. The molecule has 0 radical (unpaired) electrons. The second-order valence-corrected chi connectivity index (χ2v) is 4.54. The van der Waals surface area contributed by atoms with Crippen LogP contribution in [0.2, 0.25) is 0 Å². The molecular weight excluding hydrogens is 281 g/mol. The number of hydrogen-bond acceptors (Lipinski definition) is 2. The lowest BCUT2D eigenvalue weighted by Gasteiger charge is -2.09. The first kappa shape index (κ1) is 15.0. The van der Waals surface area contributed by atoms with Crippen molar-refractivity contribution in [1.82, 2.24) is 10.3 Å². The van der Waals surface area contributed by atoms with Gasteiger partial charge in [0.1, 0.15) is 5.69 Å². The summed E-state index contributed by atoms with van der Waals surface area (Å²) in [7, 11) is 0. The van der Waals surface area contributed by atoms with Crippen LogP contribution in [0.3, 0.4) is 0 Å². The lowest BCUT2D eigenvalue weighted by Crippen LogP contribution is -2.23. The fraction of sp³-hybridized carbons (Fsp3) is 0.200. The predicted molar refractivity (Wildman–Crippen MR) is 71.6 cm³/mol. The summed E-state index contributed by atoms with van der Waals surface area (Å²) in [6.07, 6.45) is -3.58. The van der Waals surface area contributed by atoms with E-state index < -0.39 is 17.8 Å². The van der Waals surface area contributed by atoms with Gasteiger partial charge in [-0.1, -0.05) is 24.3 Å². The van der Waals surface area contributed by atoms with Gasteiger partial charge in [-0.2, -0.15) is 13.2 Å². The number of benzene rings is 1. The summed E-state index contributed by atoms with van der Waals surface area (Å²) in [5.41, 5.74) is 1.06. The largest absolute Gasteiger partial charge is 0.433 e. The van der Waals surface area contributed by atoms with E-state index in [2.05, 4.69) is 10.3 Å². The lowest BCUT2D eigenvalue weighted by molar-refractivity contribution is -0.141. The minimum absolute atomic E-state index is 0.0941. The van der Waals surface area contributed by atoms with Crippen molar-refractivity contribution in [2.45, 2.75) is 19.6 Å². The molecule has 1 heterocycles. The van der Waals surface area contributed by atoms with Crippen molar-refractivity contribution in [1.29, 1.82) is 0 Å². The van der Waals surface area contributed by atoms with Crippen LogP contribution in [0, 0.1) is 6.92 Å². The Morgan fingerprint density at radius 2 is 1.90 bits per heavy atom. The third-order valence-electron chi connectivity index (χ3n) is 3.02. The lowest BCUT2D eigenvalue weighted by atomic mass is 10.1. The monoisotopic (exact) mass is 294 g/mol. The molecule has 0 unspecified atom stereocenters. The fourth-order valence-electron chi connectivity index (χ4n) is 1.78. The Hall–Kier alpha value is -2.37. The Morgan fingerprint density at radius 1 is 1.19 bits per heavy atom. The Bertz CT molecular complexity index is 636. The molecule has 1 aromatic carbocycles. The summed E-state index contributed by atoms with van der Waals surface area (Å²) in [6.45, 7) is 2.23. The van der Waals surface area contributed by atoms with Gasteiger partial charge in [-0.15, -0.1) is 0 Å². The van der Waals surface area contributed by atoms with Gasteiger partial charge in [0.15, 0.2) is 0 Å². The highest BCUT2D eigenvalue weighted by atomic mass is 19.4. The summed E-state index contributed by atoms with van der Waals surface area (Å²) in [5.74, 6) is -0.459. The van der Waals surface area contributed by atoms with Crippen LogP contribution in [0.1, 0.15) is 27.2 Å². The van der Waals surface area contributed by atoms with Crippen molar-refractivity contribution in [3.05, 3.63) is 65.0 Å². The Morgan fingerprint density at radius 3 is 2.48 bits per heavy atom. The van der Waals surface area contributed by atoms with Crippen molar-refractivity contribution in [3.8, 4) is 0 Å². The van der Waals surface area contributed by atoms with Gasteiger partial charge in [-0.05, 0) is 30.2 Å². The molecule has 0 spiro atoms. The van der Waals surface area contributed by atoms with Gasteiger partial charge in [0, 0.05) is 12.7 Å². The molecule has 0 atom stereocenters. The van der Waals surface area contributed by atoms with Gasteiger partial charge < -0.3 is 5.32 Å². The van der Waals surface area contributed by atoms with Gasteiger partial charge in [0.25, 0.3) is 5.91 Å². The second-order valence-electron chi connectivity index (χ2n) is 4.54. The number of aryl methyl sites for hydroxylation is 1. The molecular formula is C15H13F3N2O. The Balaban J connectivity index is 2.03.